The second-order valence-electron chi connectivity index (χ2n) is 19.2. The molecule has 350 valence electrons. The van der Waals surface area contributed by atoms with E-state index in [0.29, 0.717) is 5.82 Å². The number of fused-ring (bicyclic) bond motifs is 9. The van der Waals surface area contributed by atoms with Crippen LogP contribution in [-0.2, 0) is 0 Å². The summed E-state index contributed by atoms with van der Waals surface area (Å²) in [6.07, 6.45) is 0. The van der Waals surface area contributed by atoms with Crippen LogP contribution in [0.15, 0.2) is 265 Å². The standard InChI is InChI=1S/C70H43N3OS/c1-5-18-44(19-6-1)48-34-36-61-59(42-48)65-55(29-17-32-62(65)73(61)54-26-11-4-12-27-54)50-25-15-24-47(38-50)49-35-37-64-60(43-49)67-69(75-64)66(71-70(72-67)58-31-16-30-57-56-28-13-14-33-63(56)74-68(57)58)53-40-51(45-20-7-2-8-21-45)39-52(41-53)46-22-9-3-10-23-46/h1-43H. The molecule has 0 fully saturated rings. The number of benzene rings is 11. The molecule has 0 spiro atoms. The Balaban J connectivity index is 0.933. The van der Waals surface area contributed by atoms with Crippen molar-refractivity contribution < 1.29 is 4.42 Å². The maximum Gasteiger partial charge on any atom is 0.164 e. The highest BCUT2D eigenvalue weighted by atomic mass is 32.1. The van der Waals surface area contributed by atoms with Gasteiger partial charge in [-0.1, -0.05) is 182 Å². The van der Waals surface area contributed by atoms with Gasteiger partial charge in [0.05, 0.1) is 32.5 Å². The van der Waals surface area contributed by atoms with Crippen molar-refractivity contribution >= 4 is 75.4 Å². The molecule has 0 amide bonds. The number of rotatable bonds is 8. The average molecular weight is 974 g/mol. The summed E-state index contributed by atoms with van der Waals surface area (Å²) in [4.78, 5) is 11.1. The van der Waals surface area contributed by atoms with Gasteiger partial charge in [0.25, 0.3) is 0 Å². The molecule has 0 aliphatic heterocycles. The maximum atomic E-state index is 6.66. The van der Waals surface area contributed by atoms with Crippen molar-refractivity contribution in [1.82, 2.24) is 14.5 Å². The topological polar surface area (TPSA) is 43.9 Å². The first kappa shape index (κ1) is 43.0. The quantitative estimate of drug-likeness (QED) is 0.152. The summed E-state index contributed by atoms with van der Waals surface area (Å²) in [5.41, 5.74) is 20.3. The normalized spacial score (nSPS) is 11.7. The zero-order valence-corrected chi connectivity index (χ0v) is 41.3. The summed E-state index contributed by atoms with van der Waals surface area (Å²) in [7, 11) is 0. The Bertz CT molecular complexity index is 4630. The minimum atomic E-state index is 0.624. The Labute approximate surface area is 436 Å². The fourth-order valence-electron chi connectivity index (χ4n) is 11.3. The van der Waals surface area contributed by atoms with Gasteiger partial charge >= 0.3 is 0 Å². The van der Waals surface area contributed by atoms with Crippen LogP contribution < -0.4 is 0 Å². The zero-order valence-electron chi connectivity index (χ0n) is 40.5. The number of hydrogen-bond donors (Lipinski definition) is 0. The van der Waals surface area contributed by atoms with E-state index < -0.39 is 0 Å². The van der Waals surface area contributed by atoms with Crippen molar-refractivity contribution in [3.63, 3.8) is 0 Å². The summed E-state index contributed by atoms with van der Waals surface area (Å²) in [5, 5.41) is 5.65. The highest BCUT2D eigenvalue weighted by molar-refractivity contribution is 7.26. The molecule has 4 heterocycles. The Morgan fingerprint density at radius 2 is 0.893 bits per heavy atom. The first-order valence-corrected chi connectivity index (χ1v) is 26.2. The lowest BCUT2D eigenvalue weighted by atomic mass is 9.94. The van der Waals surface area contributed by atoms with Gasteiger partial charge in [-0.3, -0.25) is 0 Å². The summed E-state index contributed by atoms with van der Waals surface area (Å²) in [6, 6.07) is 93.6. The van der Waals surface area contributed by atoms with Crippen LogP contribution >= 0.6 is 11.3 Å². The predicted octanol–water partition coefficient (Wildman–Crippen LogP) is 19.5. The van der Waals surface area contributed by atoms with Gasteiger partial charge in [0.1, 0.15) is 11.2 Å². The van der Waals surface area contributed by atoms with Gasteiger partial charge in [-0.25, -0.2) is 9.97 Å². The van der Waals surface area contributed by atoms with Crippen LogP contribution in [0.5, 0.6) is 0 Å². The Morgan fingerprint density at radius 3 is 1.65 bits per heavy atom. The van der Waals surface area contributed by atoms with Gasteiger partial charge in [-0.05, 0) is 134 Å². The number of nitrogens with zero attached hydrogens (tertiary/aromatic N) is 3. The first-order chi connectivity index (χ1) is 37.2. The molecule has 0 radical (unpaired) electrons. The monoisotopic (exact) mass is 973 g/mol. The summed E-state index contributed by atoms with van der Waals surface area (Å²) in [6.45, 7) is 0. The zero-order chi connectivity index (χ0) is 49.4. The van der Waals surface area contributed by atoms with E-state index >= 15 is 0 Å². The van der Waals surface area contributed by atoms with E-state index in [1.807, 2.05) is 12.1 Å². The molecule has 0 aliphatic rings. The van der Waals surface area contributed by atoms with E-state index in [1.165, 1.54) is 38.5 Å². The predicted molar refractivity (Wildman–Crippen MR) is 315 cm³/mol. The minimum absolute atomic E-state index is 0.624. The molecule has 11 aromatic carbocycles. The number of furan rings is 1. The van der Waals surface area contributed by atoms with E-state index in [4.69, 9.17) is 14.4 Å². The first-order valence-electron chi connectivity index (χ1n) is 25.4. The van der Waals surface area contributed by atoms with E-state index in [0.717, 1.165) is 104 Å². The Kier molecular flexibility index (Phi) is 10.0. The molecular formula is C70H43N3OS. The van der Waals surface area contributed by atoms with Crippen LogP contribution in [0.2, 0.25) is 0 Å². The largest absolute Gasteiger partial charge is 0.455 e. The van der Waals surface area contributed by atoms with Gasteiger partial charge in [0.15, 0.2) is 5.82 Å². The van der Waals surface area contributed by atoms with Crippen molar-refractivity contribution in [2.75, 3.05) is 0 Å². The van der Waals surface area contributed by atoms with Gasteiger partial charge in [0, 0.05) is 42.9 Å². The van der Waals surface area contributed by atoms with Crippen molar-refractivity contribution in [2.24, 2.45) is 0 Å². The van der Waals surface area contributed by atoms with Gasteiger partial charge in [-0.2, -0.15) is 0 Å². The molecule has 0 bridgehead atoms. The summed E-state index contributed by atoms with van der Waals surface area (Å²) >= 11 is 1.75. The van der Waals surface area contributed by atoms with E-state index in [2.05, 4.69) is 253 Å². The minimum Gasteiger partial charge on any atom is -0.455 e. The molecule has 4 aromatic heterocycles. The lowest BCUT2D eigenvalue weighted by Crippen LogP contribution is -1.95. The molecule has 0 aliphatic carbocycles. The Morgan fingerprint density at radius 1 is 0.347 bits per heavy atom. The molecule has 0 saturated heterocycles. The lowest BCUT2D eigenvalue weighted by Gasteiger charge is -2.13. The second-order valence-corrected chi connectivity index (χ2v) is 20.3. The average Bonchev–Trinajstić information content (AvgIpc) is 4.17. The molecule has 0 saturated carbocycles. The SMILES string of the molecule is c1ccc(-c2cc(-c3ccccc3)cc(-c3nc(-c4cccc5c4oc4ccccc45)nc4c3sc3ccc(-c5cccc(-c6cccc7c6c6cc(-c8ccccc8)ccc6n7-c6ccccc6)c5)cc34)c2)cc1. The molecule has 4 nitrogen and oxygen atoms in total. The molecule has 0 unspecified atom stereocenters. The van der Waals surface area contributed by atoms with Crippen molar-refractivity contribution in [2.45, 2.75) is 0 Å². The smallest absolute Gasteiger partial charge is 0.164 e. The van der Waals surface area contributed by atoms with Crippen molar-refractivity contribution in [3.8, 4) is 84.0 Å². The molecule has 5 heteroatoms. The van der Waals surface area contributed by atoms with Gasteiger partial charge in [0.2, 0.25) is 0 Å². The molecule has 75 heavy (non-hydrogen) atoms. The fraction of sp³-hybridized carbons (Fsp3) is 0. The second kappa shape index (κ2) is 17.5. The van der Waals surface area contributed by atoms with Gasteiger partial charge in [-0.15, -0.1) is 11.3 Å². The van der Waals surface area contributed by atoms with Crippen LogP contribution in [0, 0.1) is 0 Å². The third-order valence-corrected chi connectivity index (χ3v) is 16.0. The molecule has 0 atom stereocenters. The lowest BCUT2D eigenvalue weighted by molar-refractivity contribution is 0.669. The van der Waals surface area contributed by atoms with Crippen LogP contribution in [-0.4, -0.2) is 14.5 Å². The number of hydrogen-bond acceptors (Lipinski definition) is 4. The van der Waals surface area contributed by atoms with Crippen LogP contribution in [0.25, 0.3) is 148 Å². The molecule has 0 N–H and O–H groups in total. The Hall–Kier alpha value is -9.68. The van der Waals surface area contributed by atoms with Crippen LogP contribution in [0.4, 0.5) is 0 Å². The number of thiophene rings is 1. The van der Waals surface area contributed by atoms with Crippen LogP contribution in [0.1, 0.15) is 0 Å². The van der Waals surface area contributed by atoms with E-state index in [1.54, 1.807) is 11.3 Å². The molecule has 15 rings (SSSR count). The number of aromatic nitrogens is 3. The van der Waals surface area contributed by atoms with Crippen LogP contribution in [0.3, 0.4) is 0 Å². The van der Waals surface area contributed by atoms with E-state index in [-0.39, 0.29) is 0 Å². The third kappa shape index (κ3) is 7.27. The maximum absolute atomic E-state index is 6.66. The van der Waals surface area contributed by atoms with E-state index in [9.17, 15) is 0 Å². The van der Waals surface area contributed by atoms with Crippen molar-refractivity contribution in [3.05, 3.63) is 261 Å². The fourth-order valence-corrected chi connectivity index (χ4v) is 12.4. The van der Waals surface area contributed by atoms with Crippen molar-refractivity contribution in [1.29, 1.82) is 0 Å². The summed E-state index contributed by atoms with van der Waals surface area (Å²) in [5.74, 6) is 0.624. The highest BCUT2D eigenvalue weighted by Gasteiger charge is 2.23. The highest BCUT2D eigenvalue weighted by Crippen LogP contribution is 2.46. The summed E-state index contributed by atoms with van der Waals surface area (Å²) < 4.78 is 11.3. The van der Waals surface area contributed by atoms with Gasteiger partial charge < -0.3 is 8.98 Å². The third-order valence-electron chi connectivity index (χ3n) is 14.8. The molecule has 15 aromatic rings. The molecular weight excluding hydrogens is 931 g/mol. The number of para-hydroxylation sites is 3.